The van der Waals surface area contributed by atoms with Gasteiger partial charge >= 0.3 is 5.97 Å². The quantitative estimate of drug-likeness (QED) is 0.286. The Kier molecular flexibility index (Phi) is 6.92. The molecule has 2 saturated carbocycles. The minimum absolute atomic E-state index is 0.0436. The zero-order valence-corrected chi connectivity index (χ0v) is 24.0. The molecule has 0 aromatic rings. The molecule has 0 unspecified atom stereocenters. The lowest BCUT2D eigenvalue weighted by atomic mass is 9.43. The van der Waals surface area contributed by atoms with Crippen LogP contribution in [0, 0.1) is 45.3 Å². The first-order valence-corrected chi connectivity index (χ1v) is 14.7. The van der Waals surface area contributed by atoms with Crippen LogP contribution in [0.2, 0.25) is 0 Å². The van der Waals surface area contributed by atoms with Crippen LogP contribution < -0.4 is 0 Å². The molecule has 0 heterocycles. The summed E-state index contributed by atoms with van der Waals surface area (Å²) in [5, 5.41) is 0. The molecule has 4 aliphatic rings. The average molecular weight is 471 g/mol. The predicted octanol–water partition coefficient (Wildman–Crippen LogP) is 9.13. The molecule has 34 heavy (non-hydrogen) atoms. The van der Waals surface area contributed by atoms with Gasteiger partial charge in [0.1, 0.15) is 6.10 Å². The van der Waals surface area contributed by atoms with Gasteiger partial charge in [0.15, 0.2) is 0 Å². The largest absolute Gasteiger partial charge is 0.462 e. The van der Waals surface area contributed by atoms with Gasteiger partial charge in [-0.05, 0) is 91.3 Å². The molecule has 0 N–H and O–H groups in total. The molecule has 194 valence electrons. The number of fused-ring (bicyclic) bond motifs is 4. The maximum atomic E-state index is 11.8. The van der Waals surface area contributed by atoms with Gasteiger partial charge in [0, 0.05) is 12.3 Å². The molecule has 0 aliphatic heterocycles. The van der Waals surface area contributed by atoms with Crippen molar-refractivity contribution in [1.82, 2.24) is 0 Å². The highest BCUT2D eigenvalue weighted by atomic mass is 16.5. The van der Waals surface area contributed by atoms with Crippen LogP contribution in [0.5, 0.6) is 0 Å². The Morgan fingerprint density at radius 2 is 1.62 bits per heavy atom. The molecule has 4 aliphatic carbocycles. The maximum absolute atomic E-state index is 11.8. The summed E-state index contributed by atoms with van der Waals surface area (Å²) in [5.41, 5.74) is 4.87. The monoisotopic (exact) mass is 470 g/mol. The molecule has 0 spiro atoms. The van der Waals surface area contributed by atoms with Gasteiger partial charge in [0.05, 0.1) is 0 Å². The zero-order valence-electron chi connectivity index (χ0n) is 24.0. The summed E-state index contributed by atoms with van der Waals surface area (Å²) in [7, 11) is 0. The van der Waals surface area contributed by atoms with Crippen LogP contribution in [-0.2, 0) is 9.53 Å². The molecule has 0 amide bonds. The predicted molar refractivity (Wildman–Crippen MR) is 142 cm³/mol. The third kappa shape index (κ3) is 3.92. The molecule has 2 nitrogen and oxygen atoms in total. The summed E-state index contributed by atoms with van der Waals surface area (Å²) < 4.78 is 5.87. The van der Waals surface area contributed by atoms with Gasteiger partial charge in [-0.1, -0.05) is 85.8 Å². The fourth-order valence-electron chi connectivity index (χ4n) is 10.1. The molecule has 0 aromatic carbocycles. The van der Waals surface area contributed by atoms with Crippen LogP contribution in [-0.4, -0.2) is 12.1 Å². The first-order chi connectivity index (χ1) is 15.8. The molecule has 7 atom stereocenters. The average Bonchev–Trinajstić information content (AvgIpc) is 3.01. The van der Waals surface area contributed by atoms with Crippen molar-refractivity contribution in [2.75, 3.05) is 0 Å². The Morgan fingerprint density at radius 1 is 0.912 bits per heavy atom. The number of rotatable bonds is 6. The van der Waals surface area contributed by atoms with Crippen LogP contribution >= 0.6 is 0 Å². The number of esters is 1. The van der Waals surface area contributed by atoms with Crippen molar-refractivity contribution < 1.29 is 9.53 Å². The minimum Gasteiger partial charge on any atom is -0.462 e. The highest BCUT2D eigenvalue weighted by molar-refractivity contribution is 5.66. The van der Waals surface area contributed by atoms with Gasteiger partial charge in [-0.2, -0.15) is 0 Å². The minimum atomic E-state index is -0.113. The van der Waals surface area contributed by atoms with Gasteiger partial charge in [0.25, 0.3) is 0 Å². The molecular formula is C32H54O2. The number of hydrogen-bond donors (Lipinski definition) is 0. The van der Waals surface area contributed by atoms with E-state index in [9.17, 15) is 4.79 Å². The van der Waals surface area contributed by atoms with E-state index in [-0.39, 0.29) is 22.9 Å². The Labute approximate surface area is 211 Å². The van der Waals surface area contributed by atoms with Crippen molar-refractivity contribution in [2.45, 2.75) is 139 Å². The Balaban J connectivity index is 1.61. The highest BCUT2D eigenvalue weighted by Gasteiger charge is 2.63. The van der Waals surface area contributed by atoms with Gasteiger partial charge in [-0.15, -0.1) is 0 Å². The van der Waals surface area contributed by atoms with Crippen LogP contribution in [0.1, 0.15) is 133 Å². The van der Waals surface area contributed by atoms with E-state index in [2.05, 4.69) is 55.4 Å². The molecule has 0 saturated heterocycles. The van der Waals surface area contributed by atoms with Crippen molar-refractivity contribution in [1.29, 1.82) is 0 Å². The number of carbonyl (C=O) groups is 1. The normalized spacial score (nSPS) is 42.1. The summed E-state index contributed by atoms with van der Waals surface area (Å²) >= 11 is 0. The summed E-state index contributed by atoms with van der Waals surface area (Å²) in [4.78, 5) is 11.8. The smallest absolute Gasteiger partial charge is 0.302 e. The molecule has 2 heteroatoms. The van der Waals surface area contributed by atoms with Crippen LogP contribution in [0.25, 0.3) is 0 Å². The highest BCUT2D eigenvalue weighted by Crippen LogP contribution is 2.72. The van der Waals surface area contributed by atoms with E-state index in [4.69, 9.17) is 4.74 Å². The van der Waals surface area contributed by atoms with E-state index in [0.29, 0.717) is 16.7 Å². The van der Waals surface area contributed by atoms with Crippen molar-refractivity contribution in [3.05, 3.63) is 11.1 Å². The van der Waals surface area contributed by atoms with Crippen LogP contribution in [0.4, 0.5) is 0 Å². The first-order valence-electron chi connectivity index (χ1n) is 14.7. The second-order valence-corrected chi connectivity index (χ2v) is 14.6. The van der Waals surface area contributed by atoms with E-state index >= 15 is 0 Å². The third-order valence-electron chi connectivity index (χ3n) is 12.2. The van der Waals surface area contributed by atoms with Gasteiger partial charge in [0.2, 0.25) is 0 Å². The van der Waals surface area contributed by atoms with Crippen molar-refractivity contribution >= 4 is 5.97 Å². The summed E-state index contributed by atoms with van der Waals surface area (Å²) in [6.45, 7) is 21.6. The molecule has 4 rings (SSSR count). The lowest BCUT2D eigenvalue weighted by Crippen LogP contribution is -2.55. The number of carbonyl (C=O) groups excluding carboxylic acids is 1. The summed E-state index contributed by atoms with van der Waals surface area (Å²) in [6, 6.07) is 0. The van der Waals surface area contributed by atoms with Crippen molar-refractivity contribution in [2.24, 2.45) is 45.3 Å². The van der Waals surface area contributed by atoms with E-state index in [1.54, 1.807) is 6.92 Å². The lowest BCUT2D eigenvalue weighted by Gasteiger charge is -2.62. The Bertz CT molecular complexity index is 821. The van der Waals surface area contributed by atoms with Crippen molar-refractivity contribution in [3.8, 4) is 0 Å². The van der Waals surface area contributed by atoms with Gasteiger partial charge in [-0.3, -0.25) is 4.79 Å². The number of ether oxygens (including phenoxy) is 1. The molecule has 0 bridgehead atoms. The molecule has 2 fully saturated rings. The summed E-state index contributed by atoms with van der Waals surface area (Å²) in [5.74, 6) is 3.04. The van der Waals surface area contributed by atoms with Crippen LogP contribution in [0.15, 0.2) is 11.1 Å². The zero-order chi connectivity index (χ0) is 25.1. The number of allylic oxidation sites excluding steroid dienone is 2. The topological polar surface area (TPSA) is 26.3 Å². The Morgan fingerprint density at radius 3 is 2.26 bits per heavy atom. The molecule has 0 aromatic heterocycles. The van der Waals surface area contributed by atoms with Gasteiger partial charge < -0.3 is 4.74 Å². The van der Waals surface area contributed by atoms with E-state index < -0.39 is 0 Å². The SMILES string of the molecule is CC(=O)O[C@H]1CC[C@]2(C)C3=C(CC[C@@H]2C1(C)C)[C@]1(C)CC[C@H]([C@@H](C)CCCC(C)C)[C@]1(C)CC3. The molecule has 0 radical (unpaired) electrons. The van der Waals surface area contributed by atoms with E-state index in [0.717, 1.165) is 24.2 Å². The van der Waals surface area contributed by atoms with Gasteiger partial charge in [-0.25, -0.2) is 0 Å². The lowest BCUT2D eigenvalue weighted by molar-refractivity contribution is -0.167. The molecular weight excluding hydrogens is 416 g/mol. The van der Waals surface area contributed by atoms with Crippen molar-refractivity contribution in [3.63, 3.8) is 0 Å². The summed E-state index contributed by atoms with van der Waals surface area (Å²) in [6.07, 6.45) is 14.5. The van der Waals surface area contributed by atoms with E-state index in [1.807, 2.05) is 11.1 Å². The maximum Gasteiger partial charge on any atom is 0.302 e. The third-order valence-corrected chi connectivity index (χ3v) is 12.2. The second kappa shape index (κ2) is 8.95. The fraction of sp³-hybridized carbons (Fsp3) is 0.906. The second-order valence-electron chi connectivity index (χ2n) is 14.6. The standard InChI is InChI=1S/C32H54O2/c1-21(2)11-10-12-22(3)24-15-19-32(9)26-13-14-27-29(5,6)28(34-23(4)33)17-18-30(27,7)25(26)16-20-31(24,32)8/h21-22,24,27-28H,10-20H2,1-9H3/t22-,24+,27+,28-,30+,31-,32-/m0/s1. The van der Waals surface area contributed by atoms with E-state index in [1.165, 1.54) is 64.2 Å². The fourth-order valence-corrected chi connectivity index (χ4v) is 10.1. The Hall–Kier alpha value is -0.790. The first kappa shape index (κ1) is 26.3. The number of hydrogen-bond acceptors (Lipinski definition) is 2. The van der Waals surface area contributed by atoms with Crippen LogP contribution in [0.3, 0.4) is 0 Å².